The largest absolute Gasteiger partial charge is 0.509 e. The molecule has 2 saturated heterocycles. The number of benzene rings is 2. The first-order chi connectivity index (χ1) is 18.0. The third kappa shape index (κ3) is 4.51. The van der Waals surface area contributed by atoms with Crippen LogP contribution >= 0.6 is 0 Å². The van der Waals surface area contributed by atoms with Gasteiger partial charge in [0.15, 0.2) is 11.9 Å². The van der Waals surface area contributed by atoms with Gasteiger partial charge in [0.1, 0.15) is 17.1 Å². The van der Waals surface area contributed by atoms with Crippen LogP contribution in [0.2, 0.25) is 0 Å². The Morgan fingerprint density at radius 1 is 1.00 bits per heavy atom. The number of ketones is 1. The van der Waals surface area contributed by atoms with E-state index in [1.807, 2.05) is 27.7 Å². The van der Waals surface area contributed by atoms with E-state index >= 15 is 0 Å². The summed E-state index contributed by atoms with van der Waals surface area (Å²) in [5, 5.41) is 0.648. The molecule has 3 aromatic rings. The Bertz CT molecular complexity index is 1490. The van der Waals surface area contributed by atoms with Crippen LogP contribution in [0.3, 0.4) is 0 Å². The van der Waals surface area contributed by atoms with Crippen LogP contribution in [0.1, 0.15) is 47.8 Å². The number of methoxy groups -OCH3 is 1. The highest BCUT2D eigenvalue weighted by molar-refractivity contribution is 5.98. The molecule has 5 rings (SSSR count). The lowest BCUT2D eigenvalue weighted by Crippen LogP contribution is -2.58. The summed E-state index contributed by atoms with van der Waals surface area (Å²) >= 11 is 0. The molecule has 0 bridgehead atoms. The van der Waals surface area contributed by atoms with Gasteiger partial charge in [0, 0.05) is 34.4 Å². The molecule has 0 radical (unpaired) electrons. The summed E-state index contributed by atoms with van der Waals surface area (Å²) in [6.45, 7) is 9.35. The highest BCUT2D eigenvalue weighted by Crippen LogP contribution is 2.41. The smallest absolute Gasteiger partial charge is 0.496 e. The van der Waals surface area contributed by atoms with Crippen molar-refractivity contribution in [2.24, 2.45) is 5.92 Å². The van der Waals surface area contributed by atoms with Crippen LogP contribution in [-0.2, 0) is 20.6 Å². The van der Waals surface area contributed by atoms with E-state index in [1.54, 1.807) is 50.4 Å². The Labute approximate surface area is 219 Å². The van der Waals surface area contributed by atoms with Crippen molar-refractivity contribution in [3.05, 3.63) is 69.1 Å². The van der Waals surface area contributed by atoms with Crippen molar-refractivity contribution in [2.45, 2.75) is 65.1 Å². The summed E-state index contributed by atoms with van der Waals surface area (Å²) < 4.78 is 33.9. The van der Waals surface area contributed by atoms with Crippen molar-refractivity contribution in [3.8, 4) is 11.5 Å². The summed E-state index contributed by atoms with van der Waals surface area (Å²) in [5.41, 5.74) is 1.25. The fourth-order valence-corrected chi connectivity index (χ4v) is 4.99. The van der Waals surface area contributed by atoms with E-state index in [1.165, 1.54) is 0 Å². The maximum absolute atomic E-state index is 12.9. The molecule has 0 amide bonds. The van der Waals surface area contributed by atoms with E-state index < -0.39 is 35.9 Å². The van der Waals surface area contributed by atoms with E-state index in [9.17, 15) is 14.4 Å². The number of hydrogen-bond donors (Lipinski definition) is 0. The van der Waals surface area contributed by atoms with E-state index in [-0.39, 0.29) is 23.7 Å². The number of rotatable bonds is 6. The monoisotopic (exact) mass is 522 g/mol. The van der Waals surface area contributed by atoms with E-state index in [4.69, 9.17) is 28.1 Å². The lowest BCUT2D eigenvalue weighted by Gasteiger charge is -2.44. The second kappa shape index (κ2) is 9.47. The van der Waals surface area contributed by atoms with Crippen molar-refractivity contribution in [1.29, 1.82) is 0 Å². The molecule has 3 heterocycles. The van der Waals surface area contributed by atoms with Crippen LogP contribution in [-0.4, -0.2) is 43.1 Å². The zero-order chi connectivity index (χ0) is 27.4. The van der Waals surface area contributed by atoms with Crippen LogP contribution in [0.4, 0.5) is 4.79 Å². The van der Waals surface area contributed by atoms with Gasteiger partial charge in [-0.25, -0.2) is 9.59 Å². The second-order valence-corrected chi connectivity index (χ2v) is 10.4. The van der Waals surface area contributed by atoms with Crippen LogP contribution in [0.5, 0.6) is 11.5 Å². The van der Waals surface area contributed by atoms with Gasteiger partial charge in [0.05, 0.1) is 12.7 Å². The number of aryl methyl sites for hydroxylation is 2. The van der Waals surface area contributed by atoms with E-state index in [0.29, 0.717) is 33.6 Å². The van der Waals surface area contributed by atoms with Gasteiger partial charge in [-0.2, -0.15) is 0 Å². The van der Waals surface area contributed by atoms with Gasteiger partial charge in [0.2, 0.25) is 12.4 Å². The molecule has 2 aliphatic heterocycles. The maximum Gasteiger partial charge on any atom is 0.509 e. The first-order valence-corrected chi connectivity index (χ1v) is 12.4. The fraction of sp³-hybridized carbons (Fsp3) is 0.414. The number of ether oxygens (including phenoxy) is 5. The van der Waals surface area contributed by atoms with Crippen molar-refractivity contribution >= 4 is 22.9 Å². The molecular formula is C29H30O9. The molecule has 0 N–H and O–H groups in total. The molecule has 2 aliphatic rings. The number of hydrogen-bond acceptors (Lipinski definition) is 9. The minimum absolute atomic E-state index is 0.0983. The zero-order valence-corrected chi connectivity index (χ0v) is 22.2. The first kappa shape index (κ1) is 25.8. The quantitative estimate of drug-likeness (QED) is 0.254. The van der Waals surface area contributed by atoms with Crippen LogP contribution in [0.15, 0.2) is 45.6 Å². The minimum atomic E-state index is -0.912. The number of carbonyl (C=O) groups is 2. The molecule has 2 fully saturated rings. The van der Waals surface area contributed by atoms with Gasteiger partial charge in [-0.15, -0.1) is 0 Å². The molecule has 0 spiro atoms. The molecule has 9 nitrogen and oxygen atoms in total. The Balaban J connectivity index is 1.40. The molecule has 38 heavy (non-hydrogen) atoms. The van der Waals surface area contributed by atoms with E-state index in [0.717, 1.165) is 5.56 Å². The van der Waals surface area contributed by atoms with E-state index in [2.05, 4.69) is 0 Å². The van der Waals surface area contributed by atoms with Gasteiger partial charge in [-0.05, 0) is 69.7 Å². The topological polar surface area (TPSA) is 110 Å². The molecular weight excluding hydrogens is 492 g/mol. The molecule has 9 heteroatoms. The zero-order valence-electron chi connectivity index (χ0n) is 22.2. The van der Waals surface area contributed by atoms with Crippen molar-refractivity contribution in [2.75, 3.05) is 7.11 Å². The van der Waals surface area contributed by atoms with Gasteiger partial charge < -0.3 is 28.1 Å². The molecule has 2 aromatic carbocycles. The molecule has 4 atom stereocenters. The normalized spacial score (nSPS) is 23.9. The molecule has 1 unspecified atom stereocenters. The standard InChI is InChI=1S/C29H30O9/c1-14-11-17(7-9-21(14)33-6)20(30)13-19-12-18-8-10-22(15(2)23(18)35-26(19)31)34-27-25-24(36-28(32)37-25)16(3)29(4,5)38-27/h7-12,16,24-25,27H,13H2,1-6H3/t16-,24-,25?,27-/m1/s1. The summed E-state index contributed by atoms with van der Waals surface area (Å²) in [5.74, 6) is 0.784. The second-order valence-electron chi connectivity index (χ2n) is 10.4. The fourth-order valence-electron chi connectivity index (χ4n) is 4.99. The lowest BCUT2D eigenvalue weighted by atomic mass is 9.82. The predicted octanol–water partition coefficient (Wildman–Crippen LogP) is 4.90. The van der Waals surface area contributed by atoms with Crippen molar-refractivity contribution in [1.82, 2.24) is 0 Å². The first-order valence-electron chi connectivity index (χ1n) is 12.4. The number of Topliss-reactive ketones (excluding diaryl/α,β-unsaturated/α-hetero) is 1. The molecule has 0 saturated carbocycles. The lowest BCUT2D eigenvalue weighted by molar-refractivity contribution is -0.260. The third-order valence-corrected chi connectivity index (χ3v) is 7.55. The van der Waals surface area contributed by atoms with Crippen molar-refractivity contribution < 1.29 is 37.7 Å². The van der Waals surface area contributed by atoms with Crippen LogP contribution in [0, 0.1) is 19.8 Å². The maximum atomic E-state index is 12.9. The predicted molar refractivity (Wildman–Crippen MR) is 137 cm³/mol. The Morgan fingerprint density at radius 2 is 1.71 bits per heavy atom. The van der Waals surface area contributed by atoms with Gasteiger partial charge >= 0.3 is 11.8 Å². The average Bonchev–Trinajstić information content (AvgIpc) is 3.26. The molecule has 1 aromatic heterocycles. The number of fused-ring (bicyclic) bond motifs is 2. The molecule has 0 aliphatic carbocycles. The van der Waals surface area contributed by atoms with Gasteiger partial charge in [0.25, 0.3) is 0 Å². The Kier molecular flexibility index (Phi) is 6.43. The van der Waals surface area contributed by atoms with Crippen molar-refractivity contribution in [3.63, 3.8) is 0 Å². The SMILES string of the molecule is COc1ccc(C(=O)Cc2cc3ccc(O[C@@H]4OC(C)(C)[C@H](C)[C@H]5OC(=O)OC45)c(C)c3oc2=O)cc1C. The summed E-state index contributed by atoms with van der Waals surface area (Å²) in [6, 6.07) is 10.3. The highest BCUT2D eigenvalue weighted by atomic mass is 16.8. The Hall–Kier alpha value is -3.85. The third-order valence-electron chi connectivity index (χ3n) is 7.55. The number of carbonyl (C=O) groups excluding carboxylic acids is 2. The van der Waals surface area contributed by atoms with Crippen LogP contribution < -0.4 is 15.1 Å². The summed E-state index contributed by atoms with van der Waals surface area (Å²) in [4.78, 5) is 37.6. The Morgan fingerprint density at radius 3 is 2.42 bits per heavy atom. The summed E-state index contributed by atoms with van der Waals surface area (Å²) in [6.07, 6.45) is -3.01. The van der Waals surface area contributed by atoms with Crippen LogP contribution in [0.25, 0.3) is 11.0 Å². The molecule has 200 valence electrons. The average molecular weight is 523 g/mol. The highest BCUT2D eigenvalue weighted by Gasteiger charge is 2.56. The van der Waals surface area contributed by atoms with Gasteiger partial charge in [-0.1, -0.05) is 6.92 Å². The minimum Gasteiger partial charge on any atom is -0.496 e. The van der Waals surface area contributed by atoms with Gasteiger partial charge in [-0.3, -0.25) is 4.79 Å². The summed E-state index contributed by atoms with van der Waals surface area (Å²) in [7, 11) is 1.57.